The van der Waals surface area contributed by atoms with Gasteiger partial charge in [0.25, 0.3) is 5.91 Å². The fourth-order valence-corrected chi connectivity index (χ4v) is 2.59. The van der Waals surface area contributed by atoms with Crippen LogP contribution in [0.15, 0.2) is 84.9 Å². The molecule has 0 bridgehead atoms. The molecule has 0 atom stereocenters. The number of amides is 2. The number of hydrogen-bond donors (Lipinski definition) is 2. The number of carboxylic acids is 1. The standard InChI is InChI=1S/C23H18N2O4/c26-21(15-10-16-6-2-1-3-7-16)25-20-9-5-4-8-19(20)22(27)24-18-13-11-17(12-14-18)23(28)29/h1-15H,(H,24,27)(H,25,26)(H,28,29)/p-1/b15-10+. The lowest BCUT2D eigenvalue weighted by molar-refractivity contribution is -0.255. The van der Waals surface area contributed by atoms with Gasteiger partial charge in [-0.2, -0.15) is 0 Å². The number of hydrogen-bond acceptors (Lipinski definition) is 4. The van der Waals surface area contributed by atoms with Gasteiger partial charge in [-0.3, -0.25) is 9.59 Å². The average Bonchev–Trinajstić information content (AvgIpc) is 2.74. The van der Waals surface area contributed by atoms with Gasteiger partial charge in [-0.25, -0.2) is 0 Å². The maximum atomic E-state index is 12.6. The predicted molar refractivity (Wildman–Crippen MR) is 109 cm³/mol. The second-order valence-corrected chi connectivity index (χ2v) is 6.10. The lowest BCUT2D eigenvalue weighted by Gasteiger charge is -2.11. The zero-order valence-electron chi connectivity index (χ0n) is 15.3. The summed E-state index contributed by atoms with van der Waals surface area (Å²) in [4.78, 5) is 35.6. The topological polar surface area (TPSA) is 98.3 Å². The van der Waals surface area contributed by atoms with Crippen molar-refractivity contribution in [1.29, 1.82) is 0 Å². The lowest BCUT2D eigenvalue weighted by Crippen LogP contribution is -2.22. The van der Waals surface area contributed by atoms with Crippen molar-refractivity contribution in [1.82, 2.24) is 0 Å². The smallest absolute Gasteiger partial charge is 0.257 e. The molecular weight excluding hydrogens is 368 g/mol. The maximum absolute atomic E-state index is 12.6. The van der Waals surface area contributed by atoms with E-state index in [1.807, 2.05) is 30.3 Å². The molecule has 3 rings (SSSR count). The molecule has 0 aliphatic carbocycles. The fraction of sp³-hybridized carbons (Fsp3) is 0. The van der Waals surface area contributed by atoms with Crippen molar-refractivity contribution in [2.75, 3.05) is 10.6 Å². The maximum Gasteiger partial charge on any atom is 0.257 e. The predicted octanol–water partition coefficient (Wildman–Crippen LogP) is 2.95. The van der Waals surface area contributed by atoms with Crippen LogP contribution in [0.25, 0.3) is 6.08 Å². The molecule has 2 N–H and O–H groups in total. The Balaban J connectivity index is 1.70. The molecule has 0 saturated heterocycles. The second-order valence-electron chi connectivity index (χ2n) is 6.10. The molecular formula is C23H17N2O4-. The van der Waals surface area contributed by atoms with Gasteiger partial charge in [0.2, 0.25) is 5.91 Å². The van der Waals surface area contributed by atoms with Gasteiger partial charge in [0.1, 0.15) is 0 Å². The number of aromatic carboxylic acids is 1. The molecule has 6 nitrogen and oxygen atoms in total. The molecule has 0 spiro atoms. The van der Waals surface area contributed by atoms with Crippen LogP contribution in [-0.2, 0) is 4.79 Å². The molecule has 0 aromatic heterocycles. The molecule has 0 aliphatic heterocycles. The largest absolute Gasteiger partial charge is 0.545 e. The summed E-state index contributed by atoms with van der Waals surface area (Å²) in [6, 6.07) is 21.6. The van der Waals surface area contributed by atoms with Gasteiger partial charge >= 0.3 is 0 Å². The Morgan fingerprint density at radius 3 is 2.10 bits per heavy atom. The number of carboxylic acid groups (broad SMARTS) is 1. The van der Waals surface area contributed by atoms with E-state index in [2.05, 4.69) is 10.6 Å². The zero-order valence-corrected chi connectivity index (χ0v) is 15.3. The molecule has 0 heterocycles. The second kappa shape index (κ2) is 9.14. The zero-order chi connectivity index (χ0) is 20.6. The normalized spacial score (nSPS) is 10.5. The molecule has 3 aromatic carbocycles. The summed E-state index contributed by atoms with van der Waals surface area (Å²) in [5.74, 6) is -2.10. The van der Waals surface area contributed by atoms with Crippen molar-refractivity contribution in [3.63, 3.8) is 0 Å². The van der Waals surface area contributed by atoms with Crippen LogP contribution >= 0.6 is 0 Å². The highest BCUT2D eigenvalue weighted by Gasteiger charge is 2.12. The summed E-state index contributed by atoms with van der Waals surface area (Å²) in [6.07, 6.45) is 3.07. The van der Waals surface area contributed by atoms with Crippen molar-refractivity contribution in [2.45, 2.75) is 0 Å². The van der Waals surface area contributed by atoms with Gasteiger partial charge in [0.05, 0.1) is 17.2 Å². The minimum atomic E-state index is -1.29. The van der Waals surface area contributed by atoms with Crippen LogP contribution in [0.2, 0.25) is 0 Å². The first kappa shape index (κ1) is 19.6. The van der Waals surface area contributed by atoms with E-state index in [0.29, 0.717) is 11.4 Å². The number of carbonyl (C=O) groups is 3. The molecule has 3 aromatic rings. The molecule has 0 fully saturated rings. The molecule has 0 radical (unpaired) electrons. The molecule has 0 aliphatic rings. The van der Waals surface area contributed by atoms with E-state index in [9.17, 15) is 19.5 Å². The van der Waals surface area contributed by atoms with Crippen molar-refractivity contribution in [3.05, 3.63) is 102 Å². The van der Waals surface area contributed by atoms with E-state index in [0.717, 1.165) is 5.56 Å². The SMILES string of the molecule is O=C(/C=C/c1ccccc1)Nc1ccccc1C(=O)Nc1ccc(C(=O)[O-])cc1. The Morgan fingerprint density at radius 1 is 0.759 bits per heavy atom. The van der Waals surface area contributed by atoms with Crippen LogP contribution in [0, 0.1) is 0 Å². The van der Waals surface area contributed by atoms with Crippen molar-refractivity contribution in [2.24, 2.45) is 0 Å². The van der Waals surface area contributed by atoms with Crippen molar-refractivity contribution >= 4 is 35.2 Å². The van der Waals surface area contributed by atoms with E-state index >= 15 is 0 Å². The first-order valence-electron chi connectivity index (χ1n) is 8.79. The molecule has 0 unspecified atom stereocenters. The van der Waals surface area contributed by atoms with Crippen LogP contribution in [0.4, 0.5) is 11.4 Å². The Bertz CT molecular complexity index is 1060. The summed E-state index contributed by atoms with van der Waals surface area (Å²) in [6.45, 7) is 0. The highest BCUT2D eigenvalue weighted by molar-refractivity contribution is 6.11. The highest BCUT2D eigenvalue weighted by atomic mass is 16.4. The van der Waals surface area contributed by atoms with Gasteiger partial charge in [-0.15, -0.1) is 0 Å². The molecule has 2 amide bonds. The third-order valence-corrected chi connectivity index (χ3v) is 4.03. The number of nitrogens with one attached hydrogen (secondary N) is 2. The summed E-state index contributed by atoms with van der Waals surface area (Å²) in [7, 11) is 0. The van der Waals surface area contributed by atoms with Gasteiger partial charge in [-0.05, 0) is 41.5 Å². The van der Waals surface area contributed by atoms with Crippen LogP contribution < -0.4 is 15.7 Å². The summed E-state index contributed by atoms with van der Waals surface area (Å²) >= 11 is 0. The van der Waals surface area contributed by atoms with E-state index < -0.39 is 11.9 Å². The Hall–Kier alpha value is -4.19. The first-order chi connectivity index (χ1) is 14.0. The number of anilines is 2. The van der Waals surface area contributed by atoms with Gasteiger partial charge in [-0.1, -0.05) is 54.6 Å². The van der Waals surface area contributed by atoms with Crippen molar-refractivity contribution in [3.8, 4) is 0 Å². The molecule has 6 heteroatoms. The highest BCUT2D eigenvalue weighted by Crippen LogP contribution is 2.18. The first-order valence-corrected chi connectivity index (χ1v) is 8.79. The average molecular weight is 385 g/mol. The fourth-order valence-electron chi connectivity index (χ4n) is 2.59. The monoisotopic (exact) mass is 385 g/mol. The summed E-state index contributed by atoms with van der Waals surface area (Å²) in [5, 5.41) is 16.2. The third kappa shape index (κ3) is 5.40. The number of rotatable bonds is 6. The number of carbonyl (C=O) groups excluding carboxylic acids is 3. The summed E-state index contributed by atoms with van der Waals surface area (Å²) < 4.78 is 0. The van der Waals surface area contributed by atoms with Crippen LogP contribution in [0.3, 0.4) is 0 Å². The minimum Gasteiger partial charge on any atom is -0.545 e. The third-order valence-electron chi connectivity index (χ3n) is 4.03. The van der Waals surface area contributed by atoms with E-state index in [1.54, 1.807) is 30.3 Å². The van der Waals surface area contributed by atoms with Gasteiger partial charge in [0, 0.05) is 11.8 Å². The molecule has 144 valence electrons. The lowest BCUT2D eigenvalue weighted by atomic mass is 10.1. The molecule has 0 saturated carbocycles. The van der Waals surface area contributed by atoms with Crippen molar-refractivity contribution < 1.29 is 19.5 Å². The Labute approximate surface area is 167 Å². The Morgan fingerprint density at radius 2 is 1.41 bits per heavy atom. The van der Waals surface area contributed by atoms with Gasteiger partial charge < -0.3 is 20.5 Å². The van der Waals surface area contributed by atoms with Crippen LogP contribution in [-0.4, -0.2) is 17.8 Å². The molecule has 29 heavy (non-hydrogen) atoms. The van der Waals surface area contributed by atoms with Gasteiger partial charge in [0.15, 0.2) is 0 Å². The van der Waals surface area contributed by atoms with Crippen LogP contribution in [0.5, 0.6) is 0 Å². The van der Waals surface area contributed by atoms with Crippen LogP contribution in [0.1, 0.15) is 26.3 Å². The van der Waals surface area contributed by atoms with E-state index in [-0.39, 0.29) is 17.0 Å². The Kier molecular flexibility index (Phi) is 6.17. The quantitative estimate of drug-likeness (QED) is 0.638. The number of para-hydroxylation sites is 1. The minimum absolute atomic E-state index is 0.0147. The van der Waals surface area contributed by atoms with E-state index in [1.165, 1.54) is 30.3 Å². The van der Waals surface area contributed by atoms with E-state index in [4.69, 9.17) is 0 Å². The summed E-state index contributed by atoms with van der Waals surface area (Å²) in [5.41, 5.74) is 1.96. The number of benzene rings is 3.